The van der Waals surface area contributed by atoms with Crippen molar-refractivity contribution in [3.05, 3.63) is 23.8 Å². The molecule has 0 radical (unpaired) electrons. The summed E-state index contributed by atoms with van der Waals surface area (Å²) in [6.45, 7) is 4.92. The number of thioether (sulfide) groups is 1. The molecule has 1 saturated heterocycles. The third-order valence-corrected chi connectivity index (χ3v) is 5.51. The average Bonchev–Trinajstić information content (AvgIpc) is 2.84. The predicted octanol–water partition coefficient (Wildman–Crippen LogP) is 2.93. The molecule has 1 N–H and O–H groups in total. The van der Waals surface area contributed by atoms with Gasteiger partial charge in [0.05, 0.1) is 12.2 Å². The van der Waals surface area contributed by atoms with Gasteiger partial charge in [-0.15, -0.1) is 0 Å². The number of hydrogen-bond donors (Lipinski definition) is 1. The van der Waals surface area contributed by atoms with Gasteiger partial charge in [-0.25, -0.2) is 9.97 Å². The molecule has 4 nitrogen and oxygen atoms in total. The number of aliphatic imine (C=N–C) groups is 1. The highest BCUT2D eigenvalue weighted by Gasteiger charge is 2.39. The van der Waals surface area contributed by atoms with Crippen LogP contribution in [0.3, 0.4) is 0 Å². The minimum atomic E-state index is 0.317. The summed E-state index contributed by atoms with van der Waals surface area (Å²) in [5.41, 5.74) is 1.31. The van der Waals surface area contributed by atoms with Crippen molar-refractivity contribution in [3.8, 4) is 0 Å². The van der Waals surface area contributed by atoms with Gasteiger partial charge in [0.1, 0.15) is 5.82 Å². The number of hydrogen-bond acceptors (Lipinski definition) is 4. The summed E-state index contributed by atoms with van der Waals surface area (Å²) in [5, 5.41) is 4.77. The van der Waals surface area contributed by atoms with E-state index in [0.29, 0.717) is 12.1 Å². The summed E-state index contributed by atoms with van der Waals surface area (Å²) in [5.74, 6) is 2.87. The Bertz CT molecular complexity index is 506. The molecule has 1 aromatic heterocycles. The molecule has 3 rings (SSSR count). The largest absolute Gasteiger partial charge is 0.359 e. The van der Waals surface area contributed by atoms with Gasteiger partial charge in [0.25, 0.3) is 0 Å². The Labute approximate surface area is 124 Å². The normalized spacial score (nSPS) is 31.7. The highest BCUT2D eigenvalue weighted by Crippen LogP contribution is 2.38. The van der Waals surface area contributed by atoms with Gasteiger partial charge in [0.15, 0.2) is 5.17 Å². The van der Waals surface area contributed by atoms with Crippen molar-refractivity contribution in [1.29, 1.82) is 0 Å². The number of aromatic nitrogens is 2. The van der Waals surface area contributed by atoms with Crippen LogP contribution in [0.2, 0.25) is 0 Å². The zero-order valence-corrected chi connectivity index (χ0v) is 13.0. The molecule has 0 bridgehead atoms. The molecular formula is C15H22N4S. The lowest BCUT2D eigenvalue weighted by atomic mass is 9.78. The van der Waals surface area contributed by atoms with Gasteiger partial charge in [0.2, 0.25) is 0 Å². The fraction of sp³-hybridized carbons (Fsp3) is 0.667. The van der Waals surface area contributed by atoms with Crippen LogP contribution in [-0.2, 0) is 6.54 Å². The van der Waals surface area contributed by atoms with Crippen molar-refractivity contribution in [2.45, 2.75) is 51.6 Å². The highest BCUT2D eigenvalue weighted by atomic mass is 32.2. The van der Waals surface area contributed by atoms with E-state index >= 15 is 0 Å². The van der Waals surface area contributed by atoms with E-state index in [1.807, 2.05) is 24.8 Å². The molecule has 2 aliphatic rings. The first-order valence-electron chi connectivity index (χ1n) is 7.39. The fourth-order valence-corrected chi connectivity index (χ4v) is 4.14. The molecule has 0 atom stereocenters. The number of amidine groups is 1. The molecule has 20 heavy (non-hydrogen) atoms. The van der Waals surface area contributed by atoms with Crippen molar-refractivity contribution < 1.29 is 0 Å². The number of nitrogens with zero attached hydrogens (tertiary/aromatic N) is 3. The molecular weight excluding hydrogens is 268 g/mol. The van der Waals surface area contributed by atoms with Crippen LogP contribution >= 0.6 is 11.8 Å². The van der Waals surface area contributed by atoms with Gasteiger partial charge in [-0.2, -0.15) is 0 Å². The van der Waals surface area contributed by atoms with E-state index in [9.17, 15) is 0 Å². The van der Waals surface area contributed by atoms with Crippen molar-refractivity contribution >= 4 is 16.9 Å². The van der Waals surface area contributed by atoms with Gasteiger partial charge < -0.3 is 5.32 Å². The fourth-order valence-electron chi connectivity index (χ4n) is 2.92. The molecule has 0 unspecified atom stereocenters. The molecule has 0 aromatic carbocycles. The first kappa shape index (κ1) is 13.9. The summed E-state index contributed by atoms with van der Waals surface area (Å²) in [6, 6.07) is 1.94. The molecule has 5 heteroatoms. The predicted molar refractivity (Wildman–Crippen MR) is 83.9 cm³/mol. The van der Waals surface area contributed by atoms with Crippen LogP contribution < -0.4 is 5.32 Å². The smallest absolute Gasteiger partial charge is 0.157 e. The van der Waals surface area contributed by atoms with Crippen molar-refractivity contribution in [2.75, 3.05) is 5.75 Å². The third kappa shape index (κ3) is 3.14. The van der Waals surface area contributed by atoms with E-state index in [1.165, 1.54) is 31.4 Å². The molecule has 1 aliphatic carbocycles. The zero-order chi connectivity index (χ0) is 14.0. The Morgan fingerprint density at radius 3 is 3.00 bits per heavy atom. The van der Waals surface area contributed by atoms with Gasteiger partial charge in [-0.05, 0) is 44.6 Å². The molecule has 0 amide bonds. The minimum absolute atomic E-state index is 0.317. The van der Waals surface area contributed by atoms with E-state index in [4.69, 9.17) is 0 Å². The maximum Gasteiger partial charge on any atom is 0.157 e. The number of nitrogens with one attached hydrogen (secondary N) is 1. The van der Waals surface area contributed by atoms with Crippen molar-refractivity contribution in [2.24, 2.45) is 10.9 Å². The van der Waals surface area contributed by atoms with Crippen LogP contribution in [0.4, 0.5) is 0 Å². The molecule has 1 saturated carbocycles. The topological polar surface area (TPSA) is 50.2 Å². The Balaban J connectivity index is 1.61. The summed E-state index contributed by atoms with van der Waals surface area (Å²) >= 11 is 1.87. The summed E-state index contributed by atoms with van der Waals surface area (Å²) in [6.07, 6.45) is 7.05. The lowest BCUT2D eigenvalue weighted by Gasteiger charge is -2.35. The van der Waals surface area contributed by atoms with Crippen LogP contribution in [0, 0.1) is 12.8 Å². The maximum absolute atomic E-state index is 4.68. The monoisotopic (exact) mass is 290 g/mol. The second kappa shape index (κ2) is 5.72. The molecule has 1 aliphatic heterocycles. The minimum Gasteiger partial charge on any atom is -0.359 e. The van der Waals surface area contributed by atoms with Crippen molar-refractivity contribution in [3.63, 3.8) is 0 Å². The molecule has 2 heterocycles. The first-order valence-corrected chi connectivity index (χ1v) is 8.38. The lowest BCUT2D eigenvalue weighted by Crippen LogP contribution is -2.46. The van der Waals surface area contributed by atoms with E-state index in [0.717, 1.165) is 22.6 Å². The van der Waals surface area contributed by atoms with Crippen molar-refractivity contribution in [1.82, 2.24) is 15.3 Å². The second-order valence-corrected chi connectivity index (χ2v) is 7.06. The van der Waals surface area contributed by atoms with E-state index < -0.39 is 0 Å². The van der Waals surface area contributed by atoms with Crippen LogP contribution in [-0.4, -0.2) is 26.4 Å². The Morgan fingerprint density at radius 1 is 1.45 bits per heavy atom. The SMILES string of the molecule is Cc1nccc(CN=C2NC3(CCC(C)CC3)CS2)n1. The quantitative estimate of drug-likeness (QED) is 0.910. The standard InChI is InChI=1S/C15H22N4S/c1-11-3-6-15(7-4-11)10-20-14(19-15)17-9-13-5-8-16-12(2)18-13/h5,8,11H,3-4,6-7,9-10H2,1-2H3,(H,17,19). The van der Waals surface area contributed by atoms with E-state index in [2.05, 4.69) is 27.2 Å². The number of aryl methyl sites for hydroxylation is 1. The van der Waals surface area contributed by atoms with Crippen LogP contribution in [0.1, 0.15) is 44.1 Å². The second-order valence-electron chi connectivity index (χ2n) is 6.09. The molecule has 1 spiro atoms. The Kier molecular flexibility index (Phi) is 3.96. The van der Waals surface area contributed by atoms with Gasteiger partial charge >= 0.3 is 0 Å². The zero-order valence-electron chi connectivity index (χ0n) is 12.2. The van der Waals surface area contributed by atoms with Gasteiger partial charge in [0, 0.05) is 17.5 Å². The van der Waals surface area contributed by atoms with Crippen LogP contribution in [0.25, 0.3) is 0 Å². The Morgan fingerprint density at radius 2 is 2.25 bits per heavy atom. The first-order chi connectivity index (χ1) is 9.65. The van der Waals surface area contributed by atoms with E-state index in [-0.39, 0.29) is 0 Å². The summed E-state index contributed by atoms with van der Waals surface area (Å²) < 4.78 is 0. The molecule has 1 aromatic rings. The van der Waals surface area contributed by atoms with Crippen LogP contribution in [0.15, 0.2) is 17.3 Å². The molecule has 108 valence electrons. The third-order valence-electron chi connectivity index (χ3n) is 4.31. The van der Waals surface area contributed by atoms with Gasteiger partial charge in [-0.1, -0.05) is 18.7 Å². The maximum atomic E-state index is 4.68. The molecule has 2 fully saturated rings. The highest BCUT2D eigenvalue weighted by molar-refractivity contribution is 8.14. The number of rotatable bonds is 2. The Hall–Kier alpha value is -1.10. The van der Waals surface area contributed by atoms with E-state index in [1.54, 1.807) is 6.20 Å². The van der Waals surface area contributed by atoms with Crippen LogP contribution in [0.5, 0.6) is 0 Å². The average molecular weight is 290 g/mol. The summed E-state index contributed by atoms with van der Waals surface area (Å²) in [7, 11) is 0. The summed E-state index contributed by atoms with van der Waals surface area (Å²) in [4.78, 5) is 13.2. The van der Waals surface area contributed by atoms with Gasteiger partial charge in [-0.3, -0.25) is 4.99 Å². The lowest BCUT2D eigenvalue weighted by molar-refractivity contribution is 0.251.